The second-order valence-corrected chi connectivity index (χ2v) is 3.82. The lowest BCUT2D eigenvalue weighted by Gasteiger charge is -2.31. The molecule has 1 aliphatic heterocycles. The molecule has 2 rings (SSSR count). The number of nitrogens with zero attached hydrogens (tertiary/aromatic N) is 2. The van der Waals surface area contributed by atoms with E-state index in [1.807, 2.05) is 0 Å². The van der Waals surface area contributed by atoms with Gasteiger partial charge >= 0.3 is 0 Å². The molecule has 1 unspecified atom stereocenters. The molecular weight excluding hydrogens is 240 g/mol. The van der Waals surface area contributed by atoms with Crippen molar-refractivity contribution in [2.75, 3.05) is 6.54 Å². The van der Waals surface area contributed by atoms with E-state index in [1.165, 1.54) is 6.92 Å². The Labute approximate surface area is 101 Å². The Bertz CT molecular complexity index is 559. The highest BCUT2D eigenvalue weighted by molar-refractivity contribution is 6.06. The van der Waals surface area contributed by atoms with Crippen molar-refractivity contribution in [1.82, 2.24) is 20.2 Å². The Morgan fingerprint density at radius 2 is 2.17 bits per heavy atom. The molecule has 1 aliphatic rings. The van der Waals surface area contributed by atoms with Gasteiger partial charge in [-0.1, -0.05) is 0 Å². The van der Waals surface area contributed by atoms with Crippen molar-refractivity contribution in [3.05, 3.63) is 28.4 Å². The molecule has 2 heterocycles. The van der Waals surface area contributed by atoms with Gasteiger partial charge in [-0.3, -0.25) is 24.5 Å². The van der Waals surface area contributed by atoms with Crippen LogP contribution in [0.3, 0.4) is 0 Å². The fourth-order valence-electron chi connectivity index (χ4n) is 1.57. The van der Waals surface area contributed by atoms with Crippen LogP contribution in [0.1, 0.15) is 17.4 Å². The zero-order chi connectivity index (χ0) is 13.3. The summed E-state index contributed by atoms with van der Waals surface area (Å²) in [5.41, 5.74) is -0.462. The van der Waals surface area contributed by atoms with Crippen molar-refractivity contribution in [2.24, 2.45) is 0 Å². The summed E-state index contributed by atoms with van der Waals surface area (Å²) in [6.07, 6.45) is 2.11. The molecule has 1 aromatic heterocycles. The molecule has 0 bridgehead atoms. The van der Waals surface area contributed by atoms with Gasteiger partial charge in [0, 0.05) is 6.20 Å². The van der Waals surface area contributed by atoms with Crippen LogP contribution in [-0.2, 0) is 9.59 Å². The second kappa shape index (κ2) is 4.40. The first-order valence-electron chi connectivity index (χ1n) is 5.18. The Hall–Kier alpha value is -2.51. The Kier molecular flexibility index (Phi) is 2.92. The van der Waals surface area contributed by atoms with Gasteiger partial charge in [0.15, 0.2) is 0 Å². The molecule has 1 atom stereocenters. The predicted molar refractivity (Wildman–Crippen MR) is 58.5 cm³/mol. The summed E-state index contributed by atoms with van der Waals surface area (Å²) >= 11 is 0. The van der Waals surface area contributed by atoms with Crippen LogP contribution in [0, 0.1) is 0 Å². The molecule has 2 N–H and O–H groups in total. The molecule has 0 radical (unpaired) electrons. The lowest BCUT2D eigenvalue weighted by molar-refractivity contribution is -0.138. The molecular formula is C10H10N4O4. The highest BCUT2D eigenvalue weighted by Crippen LogP contribution is 2.08. The van der Waals surface area contributed by atoms with Gasteiger partial charge in [0.05, 0.1) is 6.20 Å². The van der Waals surface area contributed by atoms with E-state index >= 15 is 0 Å². The first-order chi connectivity index (χ1) is 8.49. The van der Waals surface area contributed by atoms with Crippen molar-refractivity contribution >= 4 is 17.7 Å². The molecule has 18 heavy (non-hydrogen) atoms. The predicted octanol–water partition coefficient (Wildman–Crippen LogP) is -1.74. The molecule has 0 saturated carbocycles. The molecule has 1 fully saturated rings. The topological polar surface area (TPSA) is 112 Å². The van der Waals surface area contributed by atoms with Crippen LogP contribution in [-0.4, -0.2) is 45.2 Å². The van der Waals surface area contributed by atoms with Crippen molar-refractivity contribution in [3.8, 4) is 0 Å². The molecule has 0 spiro atoms. The summed E-state index contributed by atoms with van der Waals surface area (Å²) < 4.78 is 0. The zero-order valence-corrected chi connectivity index (χ0v) is 9.47. The number of nitrogens with one attached hydrogen (secondary N) is 2. The van der Waals surface area contributed by atoms with Gasteiger partial charge in [-0.2, -0.15) is 0 Å². The van der Waals surface area contributed by atoms with Gasteiger partial charge in [0.2, 0.25) is 11.8 Å². The highest BCUT2D eigenvalue weighted by Gasteiger charge is 2.34. The Morgan fingerprint density at radius 3 is 2.78 bits per heavy atom. The number of hydrogen-bond acceptors (Lipinski definition) is 5. The number of amides is 3. The molecule has 1 aromatic rings. The minimum absolute atomic E-state index is 0.0241. The standard InChI is InChI=1S/C10H10N4O4/c1-5-9(17)13-8(16)4-14(5)10(18)6-2-12-7(15)3-11-6/h2-3,5H,4H2,1H3,(H,12,15)(H,13,16,17). The van der Waals surface area contributed by atoms with E-state index in [2.05, 4.69) is 15.3 Å². The highest BCUT2D eigenvalue weighted by atomic mass is 16.2. The molecule has 0 aromatic carbocycles. The zero-order valence-electron chi connectivity index (χ0n) is 9.47. The van der Waals surface area contributed by atoms with E-state index in [4.69, 9.17) is 0 Å². The van der Waals surface area contributed by atoms with Gasteiger partial charge < -0.3 is 9.88 Å². The third-order valence-corrected chi connectivity index (χ3v) is 2.58. The third-order valence-electron chi connectivity index (χ3n) is 2.58. The first kappa shape index (κ1) is 12.0. The summed E-state index contributed by atoms with van der Waals surface area (Å²) in [6.45, 7) is 1.29. The number of aromatic amines is 1. The molecule has 0 aliphatic carbocycles. The van der Waals surface area contributed by atoms with Gasteiger partial charge in [-0.25, -0.2) is 4.98 Å². The Morgan fingerprint density at radius 1 is 1.44 bits per heavy atom. The van der Waals surface area contributed by atoms with E-state index in [0.29, 0.717) is 0 Å². The first-order valence-corrected chi connectivity index (χ1v) is 5.18. The maximum absolute atomic E-state index is 12.0. The fraction of sp³-hybridized carbons (Fsp3) is 0.300. The lowest BCUT2D eigenvalue weighted by atomic mass is 10.2. The van der Waals surface area contributed by atoms with Crippen LogP contribution in [0.4, 0.5) is 0 Å². The van der Waals surface area contributed by atoms with E-state index in [-0.39, 0.29) is 12.2 Å². The van der Waals surface area contributed by atoms with Gasteiger partial charge in [-0.15, -0.1) is 0 Å². The summed E-state index contributed by atoms with van der Waals surface area (Å²) in [5.74, 6) is -1.66. The van der Waals surface area contributed by atoms with Crippen LogP contribution in [0.5, 0.6) is 0 Å². The lowest BCUT2D eigenvalue weighted by Crippen LogP contribution is -2.58. The maximum Gasteiger partial charge on any atom is 0.275 e. The van der Waals surface area contributed by atoms with E-state index in [0.717, 1.165) is 17.3 Å². The third kappa shape index (κ3) is 2.12. The van der Waals surface area contributed by atoms with Crippen molar-refractivity contribution in [1.29, 1.82) is 0 Å². The SMILES string of the molecule is CC1C(=O)NC(=O)CN1C(=O)c1c[nH]c(=O)cn1. The number of carbonyl (C=O) groups excluding carboxylic acids is 3. The molecule has 1 saturated heterocycles. The normalized spacial score (nSPS) is 19.6. The van der Waals surface area contributed by atoms with Gasteiger partial charge in [-0.05, 0) is 6.92 Å². The smallest absolute Gasteiger partial charge is 0.275 e. The fourth-order valence-corrected chi connectivity index (χ4v) is 1.57. The van der Waals surface area contributed by atoms with Gasteiger partial charge in [0.25, 0.3) is 11.5 Å². The average Bonchev–Trinajstić information content (AvgIpc) is 2.34. The number of piperazine rings is 1. The van der Waals surface area contributed by atoms with Crippen LogP contribution in [0.15, 0.2) is 17.2 Å². The molecule has 8 nitrogen and oxygen atoms in total. The number of rotatable bonds is 1. The number of aromatic nitrogens is 2. The van der Waals surface area contributed by atoms with Crippen LogP contribution in [0.25, 0.3) is 0 Å². The van der Waals surface area contributed by atoms with E-state index in [9.17, 15) is 19.2 Å². The Balaban J connectivity index is 2.27. The quantitative estimate of drug-likeness (QED) is 0.574. The summed E-state index contributed by atoms with van der Waals surface area (Å²) in [7, 11) is 0. The monoisotopic (exact) mass is 250 g/mol. The van der Waals surface area contributed by atoms with E-state index < -0.39 is 29.3 Å². The van der Waals surface area contributed by atoms with Gasteiger partial charge in [0.1, 0.15) is 18.3 Å². The number of carbonyl (C=O) groups is 3. The van der Waals surface area contributed by atoms with Crippen LogP contribution >= 0.6 is 0 Å². The summed E-state index contributed by atoms with van der Waals surface area (Å²) in [4.78, 5) is 52.5. The van der Waals surface area contributed by atoms with Crippen molar-refractivity contribution in [3.63, 3.8) is 0 Å². The number of imide groups is 1. The number of H-pyrrole nitrogens is 1. The van der Waals surface area contributed by atoms with Crippen molar-refractivity contribution in [2.45, 2.75) is 13.0 Å². The molecule has 94 valence electrons. The minimum Gasteiger partial charge on any atom is -0.325 e. The summed E-state index contributed by atoms with van der Waals surface area (Å²) in [5, 5.41) is 2.12. The largest absolute Gasteiger partial charge is 0.325 e. The summed E-state index contributed by atoms with van der Waals surface area (Å²) in [6, 6.07) is -0.760. The number of hydrogen-bond donors (Lipinski definition) is 2. The van der Waals surface area contributed by atoms with Crippen molar-refractivity contribution < 1.29 is 14.4 Å². The average molecular weight is 250 g/mol. The maximum atomic E-state index is 12.0. The van der Waals surface area contributed by atoms with Crippen LogP contribution in [0.2, 0.25) is 0 Å². The van der Waals surface area contributed by atoms with E-state index in [1.54, 1.807) is 0 Å². The minimum atomic E-state index is -0.760. The molecule has 3 amide bonds. The van der Waals surface area contributed by atoms with Crippen LogP contribution < -0.4 is 10.9 Å². The molecule has 8 heteroatoms. The second-order valence-electron chi connectivity index (χ2n) is 3.82.